The number of carbonyl (C=O) groups is 2. The number of carbonyl (C=O) groups excluding carboxylic acids is 2. The lowest BCUT2D eigenvalue weighted by Gasteiger charge is -2.40. The molecule has 3 rings (SSSR count). The van der Waals surface area contributed by atoms with Crippen molar-refractivity contribution >= 4 is 18.3 Å². The van der Waals surface area contributed by atoms with Gasteiger partial charge in [-0.15, -0.1) is 0 Å². The van der Waals surface area contributed by atoms with Gasteiger partial charge in [-0.3, -0.25) is 9.69 Å². The Balaban J connectivity index is 1.68. The standard InChI is InChI=1S/C21H28FN5O4/c1-20(2,3)31-19(29)25-10-8-21(30,9-11-25)13-26(14-28)17-12-24-18(27(17)23)15-4-6-16(22)7-5-15/h4-7,12,14,30H,8-11,13,23H2,1-3H3. The topological polar surface area (TPSA) is 114 Å². The van der Waals surface area contributed by atoms with Gasteiger partial charge in [0.05, 0.1) is 18.3 Å². The Morgan fingerprint density at radius 1 is 1.32 bits per heavy atom. The monoisotopic (exact) mass is 433 g/mol. The van der Waals surface area contributed by atoms with Gasteiger partial charge in [0.1, 0.15) is 11.4 Å². The lowest BCUT2D eigenvalue weighted by atomic mass is 9.91. The smallest absolute Gasteiger partial charge is 0.410 e. The molecule has 3 N–H and O–H groups in total. The third-order valence-corrected chi connectivity index (χ3v) is 5.11. The van der Waals surface area contributed by atoms with E-state index in [0.29, 0.717) is 30.9 Å². The van der Waals surface area contributed by atoms with Crippen LogP contribution in [0.2, 0.25) is 0 Å². The molecule has 0 radical (unpaired) electrons. The Labute approximate surface area is 180 Å². The molecule has 9 nitrogen and oxygen atoms in total. The van der Waals surface area contributed by atoms with E-state index in [-0.39, 0.29) is 31.0 Å². The SMILES string of the molecule is CC(C)(C)OC(=O)N1CCC(O)(CN(C=O)c2cnc(-c3ccc(F)cc3)n2N)CC1. The summed E-state index contributed by atoms with van der Waals surface area (Å²) in [5, 5.41) is 11.0. The zero-order valence-corrected chi connectivity index (χ0v) is 17.9. The third kappa shape index (κ3) is 5.32. The van der Waals surface area contributed by atoms with E-state index in [2.05, 4.69) is 4.98 Å². The summed E-state index contributed by atoms with van der Waals surface area (Å²) in [6.07, 6.45) is 2.13. The van der Waals surface area contributed by atoms with Crippen molar-refractivity contribution in [2.45, 2.75) is 44.8 Å². The highest BCUT2D eigenvalue weighted by atomic mass is 19.1. The molecular formula is C21H28FN5O4. The molecular weight excluding hydrogens is 405 g/mol. The molecule has 1 fully saturated rings. The van der Waals surface area contributed by atoms with Crippen molar-refractivity contribution in [1.29, 1.82) is 0 Å². The van der Waals surface area contributed by atoms with Gasteiger partial charge in [0.15, 0.2) is 11.6 Å². The Bertz CT molecular complexity index is 930. The Kier molecular flexibility index (Phi) is 6.21. The highest BCUT2D eigenvalue weighted by Gasteiger charge is 2.37. The van der Waals surface area contributed by atoms with E-state index in [1.54, 1.807) is 25.7 Å². The fourth-order valence-corrected chi connectivity index (χ4v) is 3.46. The number of anilines is 1. The summed E-state index contributed by atoms with van der Waals surface area (Å²) in [4.78, 5) is 31.1. The minimum atomic E-state index is -1.19. The number of ether oxygens (including phenoxy) is 1. The van der Waals surface area contributed by atoms with Crippen LogP contribution in [0.1, 0.15) is 33.6 Å². The van der Waals surface area contributed by atoms with E-state index in [4.69, 9.17) is 10.6 Å². The van der Waals surface area contributed by atoms with E-state index in [0.717, 1.165) is 0 Å². The molecule has 1 saturated heterocycles. The first-order valence-corrected chi connectivity index (χ1v) is 10.0. The lowest BCUT2D eigenvalue weighted by Crippen LogP contribution is -2.53. The van der Waals surface area contributed by atoms with Crippen LogP contribution in [-0.4, -0.2) is 63.0 Å². The number of amides is 2. The van der Waals surface area contributed by atoms with Crippen molar-refractivity contribution in [3.63, 3.8) is 0 Å². The number of benzene rings is 1. The molecule has 0 bridgehead atoms. The van der Waals surface area contributed by atoms with Crippen LogP contribution < -0.4 is 10.7 Å². The Morgan fingerprint density at radius 3 is 2.48 bits per heavy atom. The van der Waals surface area contributed by atoms with Crippen LogP contribution in [0.3, 0.4) is 0 Å². The van der Waals surface area contributed by atoms with Crippen molar-refractivity contribution in [1.82, 2.24) is 14.6 Å². The van der Waals surface area contributed by atoms with E-state index in [1.807, 2.05) is 0 Å². The van der Waals surface area contributed by atoms with Crippen LogP contribution in [0.25, 0.3) is 11.4 Å². The van der Waals surface area contributed by atoms with Gasteiger partial charge < -0.3 is 20.6 Å². The molecule has 31 heavy (non-hydrogen) atoms. The third-order valence-electron chi connectivity index (χ3n) is 5.11. The number of hydrogen-bond acceptors (Lipinski definition) is 6. The van der Waals surface area contributed by atoms with Crippen LogP contribution in [0, 0.1) is 5.82 Å². The normalized spacial score (nSPS) is 16.1. The summed E-state index contributed by atoms with van der Waals surface area (Å²) in [5.41, 5.74) is -1.20. The number of rotatable bonds is 5. The Hall–Kier alpha value is -3.14. The first kappa shape index (κ1) is 22.5. The number of nitrogens with zero attached hydrogens (tertiary/aromatic N) is 4. The lowest BCUT2D eigenvalue weighted by molar-refractivity contribution is -0.108. The summed E-state index contributed by atoms with van der Waals surface area (Å²) >= 11 is 0. The number of piperidine rings is 1. The van der Waals surface area contributed by atoms with Gasteiger partial charge in [-0.2, -0.15) is 0 Å². The first-order chi connectivity index (χ1) is 14.5. The quantitative estimate of drug-likeness (QED) is 0.552. The molecule has 1 aromatic heterocycles. The second kappa shape index (κ2) is 8.54. The van der Waals surface area contributed by atoms with Crippen LogP contribution >= 0.6 is 0 Å². The molecule has 0 unspecified atom stereocenters. The number of imidazole rings is 1. The summed E-state index contributed by atoms with van der Waals surface area (Å²) in [5.74, 6) is 6.39. The fraction of sp³-hybridized carbons (Fsp3) is 0.476. The molecule has 1 aliphatic heterocycles. The van der Waals surface area contributed by atoms with Crippen LogP contribution in [0.15, 0.2) is 30.5 Å². The second-order valence-corrected chi connectivity index (χ2v) is 8.74. The molecule has 2 heterocycles. The average molecular weight is 433 g/mol. The fourth-order valence-electron chi connectivity index (χ4n) is 3.46. The molecule has 0 aliphatic carbocycles. The van der Waals surface area contributed by atoms with Crippen molar-refractivity contribution in [3.8, 4) is 11.4 Å². The minimum absolute atomic E-state index is 0.00951. The number of halogens is 1. The van der Waals surface area contributed by atoms with E-state index < -0.39 is 17.3 Å². The van der Waals surface area contributed by atoms with Gasteiger partial charge in [0.2, 0.25) is 6.41 Å². The zero-order chi connectivity index (χ0) is 22.8. The molecule has 0 atom stereocenters. The van der Waals surface area contributed by atoms with Crippen molar-refractivity contribution in [3.05, 3.63) is 36.3 Å². The van der Waals surface area contributed by atoms with Crippen molar-refractivity contribution < 1.29 is 23.8 Å². The highest BCUT2D eigenvalue weighted by Crippen LogP contribution is 2.28. The Morgan fingerprint density at radius 2 is 1.94 bits per heavy atom. The number of likely N-dealkylation sites (tertiary alicyclic amines) is 1. The minimum Gasteiger partial charge on any atom is -0.444 e. The number of nitrogens with two attached hydrogens (primary N) is 1. The van der Waals surface area contributed by atoms with Crippen LogP contribution in [0.4, 0.5) is 15.0 Å². The average Bonchev–Trinajstić information content (AvgIpc) is 3.07. The maximum atomic E-state index is 13.2. The maximum Gasteiger partial charge on any atom is 0.410 e. The summed E-state index contributed by atoms with van der Waals surface area (Å²) < 4.78 is 19.8. The van der Waals surface area contributed by atoms with Crippen molar-refractivity contribution in [2.24, 2.45) is 0 Å². The maximum absolute atomic E-state index is 13.2. The predicted molar refractivity (Wildman–Crippen MR) is 113 cm³/mol. The first-order valence-electron chi connectivity index (χ1n) is 10.0. The molecule has 168 valence electrons. The molecule has 0 saturated carbocycles. The molecule has 2 aromatic rings. The van der Waals surface area contributed by atoms with E-state index in [1.165, 1.54) is 40.0 Å². The van der Waals surface area contributed by atoms with Gasteiger partial charge in [0.25, 0.3) is 0 Å². The summed E-state index contributed by atoms with van der Waals surface area (Å²) in [6.45, 7) is 5.99. The number of aliphatic hydroxyl groups is 1. The molecule has 2 amide bonds. The molecule has 1 aliphatic rings. The van der Waals surface area contributed by atoms with E-state index in [9.17, 15) is 19.1 Å². The van der Waals surface area contributed by atoms with Crippen LogP contribution in [0.5, 0.6) is 0 Å². The van der Waals surface area contributed by atoms with Gasteiger partial charge >= 0.3 is 6.09 Å². The molecule has 1 aromatic carbocycles. The largest absolute Gasteiger partial charge is 0.444 e. The van der Waals surface area contributed by atoms with Gasteiger partial charge in [-0.05, 0) is 57.9 Å². The second-order valence-electron chi connectivity index (χ2n) is 8.74. The van der Waals surface area contributed by atoms with Crippen LogP contribution in [-0.2, 0) is 9.53 Å². The van der Waals surface area contributed by atoms with Crippen molar-refractivity contribution in [2.75, 3.05) is 30.4 Å². The molecule has 10 heteroatoms. The highest BCUT2D eigenvalue weighted by molar-refractivity contribution is 5.75. The zero-order valence-electron chi connectivity index (χ0n) is 17.9. The van der Waals surface area contributed by atoms with Gasteiger partial charge in [0, 0.05) is 18.7 Å². The van der Waals surface area contributed by atoms with Gasteiger partial charge in [-0.25, -0.2) is 18.8 Å². The number of aromatic nitrogens is 2. The summed E-state index contributed by atoms with van der Waals surface area (Å²) in [7, 11) is 0. The van der Waals surface area contributed by atoms with Gasteiger partial charge in [-0.1, -0.05) is 0 Å². The number of hydrogen-bond donors (Lipinski definition) is 2. The predicted octanol–water partition coefficient (Wildman–Crippen LogP) is 2.13. The number of nitrogen functional groups attached to an aromatic ring is 1. The summed E-state index contributed by atoms with van der Waals surface area (Å²) in [6, 6.07) is 5.66. The van der Waals surface area contributed by atoms with E-state index >= 15 is 0 Å². The molecule has 0 spiro atoms.